The van der Waals surface area contributed by atoms with Crippen LogP contribution in [0, 0.1) is 5.92 Å². The standard InChI is InChI=1S/C16H29N3OS/c1-11(2)17-9-15-14(10-20-5)18-16(21-15)19-8-6-7-12(3)13(19)4/h11-13,17H,6-10H2,1-5H3. The number of nitrogens with zero attached hydrogens (tertiary/aromatic N) is 2. The molecule has 0 saturated carbocycles. The van der Waals surface area contributed by atoms with Gasteiger partial charge in [-0.25, -0.2) is 4.98 Å². The average Bonchev–Trinajstić information content (AvgIpc) is 2.83. The van der Waals surface area contributed by atoms with E-state index in [0.29, 0.717) is 18.7 Å². The molecule has 1 fully saturated rings. The van der Waals surface area contributed by atoms with Gasteiger partial charge in [0.25, 0.3) is 0 Å². The molecule has 0 aromatic carbocycles. The normalized spacial score (nSPS) is 23.0. The van der Waals surface area contributed by atoms with Crippen LogP contribution in [0.25, 0.3) is 0 Å². The Morgan fingerprint density at radius 1 is 1.43 bits per heavy atom. The topological polar surface area (TPSA) is 37.4 Å². The summed E-state index contributed by atoms with van der Waals surface area (Å²) in [5, 5.41) is 4.66. The molecule has 0 bridgehead atoms. The number of methoxy groups -OCH3 is 1. The summed E-state index contributed by atoms with van der Waals surface area (Å²) in [7, 11) is 1.74. The minimum Gasteiger partial charge on any atom is -0.378 e. The summed E-state index contributed by atoms with van der Waals surface area (Å²) in [4.78, 5) is 8.66. The first-order chi connectivity index (χ1) is 10.0. The number of aromatic nitrogens is 1. The highest BCUT2D eigenvalue weighted by Crippen LogP contribution is 2.33. The Bertz CT molecular complexity index is 447. The maximum atomic E-state index is 5.32. The molecule has 1 saturated heterocycles. The van der Waals surface area contributed by atoms with E-state index in [1.165, 1.54) is 22.9 Å². The molecule has 1 aromatic heterocycles. The zero-order valence-electron chi connectivity index (χ0n) is 14.0. The van der Waals surface area contributed by atoms with Crippen molar-refractivity contribution in [3.05, 3.63) is 10.6 Å². The van der Waals surface area contributed by atoms with Crippen molar-refractivity contribution in [3.63, 3.8) is 0 Å². The molecule has 5 heteroatoms. The van der Waals surface area contributed by atoms with Crippen LogP contribution in [0.4, 0.5) is 5.13 Å². The number of thiazole rings is 1. The maximum absolute atomic E-state index is 5.32. The van der Waals surface area contributed by atoms with Gasteiger partial charge in [-0.15, -0.1) is 11.3 Å². The number of rotatable bonds is 6. The highest BCUT2D eigenvalue weighted by molar-refractivity contribution is 7.15. The zero-order valence-corrected chi connectivity index (χ0v) is 14.8. The molecule has 2 heterocycles. The molecule has 1 aliphatic rings. The number of piperidine rings is 1. The summed E-state index contributed by atoms with van der Waals surface area (Å²) in [6.45, 7) is 11.6. The molecule has 120 valence electrons. The molecular weight excluding hydrogens is 282 g/mol. The molecular formula is C16H29N3OS. The quantitative estimate of drug-likeness (QED) is 0.873. The smallest absolute Gasteiger partial charge is 0.186 e. The van der Waals surface area contributed by atoms with Crippen LogP contribution in [0.2, 0.25) is 0 Å². The van der Waals surface area contributed by atoms with Gasteiger partial charge in [0.05, 0.1) is 12.3 Å². The van der Waals surface area contributed by atoms with Gasteiger partial charge in [0, 0.05) is 37.2 Å². The lowest BCUT2D eigenvalue weighted by Gasteiger charge is -2.37. The Kier molecular flexibility index (Phi) is 6.02. The van der Waals surface area contributed by atoms with Crippen molar-refractivity contribution < 1.29 is 4.74 Å². The SMILES string of the molecule is COCc1nc(N2CCCC(C)C2C)sc1CNC(C)C. The van der Waals surface area contributed by atoms with Crippen LogP contribution in [-0.4, -0.2) is 30.7 Å². The average molecular weight is 311 g/mol. The minimum atomic E-state index is 0.486. The van der Waals surface area contributed by atoms with Crippen molar-refractivity contribution in [2.24, 2.45) is 5.92 Å². The van der Waals surface area contributed by atoms with Crippen molar-refractivity contribution in [2.75, 3.05) is 18.6 Å². The van der Waals surface area contributed by atoms with Crippen molar-refractivity contribution in [3.8, 4) is 0 Å². The van der Waals surface area contributed by atoms with Gasteiger partial charge in [0.2, 0.25) is 0 Å². The Morgan fingerprint density at radius 2 is 2.19 bits per heavy atom. The minimum absolute atomic E-state index is 0.486. The van der Waals surface area contributed by atoms with Crippen LogP contribution in [0.3, 0.4) is 0 Å². The summed E-state index contributed by atoms with van der Waals surface area (Å²) in [6.07, 6.45) is 2.60. The Morgan fingerprint density at radius 3 is 2.86 bits per heavy atom. The second-order valence-corrected chi connectivity index (χ2v) is 7.45. The molecule has 1 N–H and O–H groups in total. The van der Waals surface area contributed by atoms with Crippen molar-refractivity contribution >= 4 is 16.5 Å². The van der Waals surface area contributed by atoms with Crippen LogP contribution < -0.4 is 10.2 Å². The Hall–Kier alpha value is -0.650. The largest absolute Gasteiger partial charge is 0.378 e. The van der Waals surface area contributed by atoms with Crippen molar-refractivity contribution in [1.82, 2.24) is 10.3 Å². The van der Waals surface area contributed by atoms with E-state index in [4.69, 9.17) is 9.72 Å². The summed E-state index contributed by atoms with van der Waals surface area (Å²) in [5.41, 5.74) is 1.09. The van der Waals surface area contributed by atoms with Crippen molar-refractivity contribution in [1.29, 1.82) is 0 Å². The zero-order chi connectivity index (χ0) is 15.4. The van der Waals surface area contributed by atoms with E-state index in [9.17, 15) is 0 Å². The summed E-state index contributed by atoms with van der Waals surface area (Å²) < 4.78 is 5.32. The van der Waals surface area contributed by atoms with Gasteiger partial charge < -0.3 is 15.0 Å². The van der Waals surface area contributed by atoms with Gasteiger partial charge in [-0.2, -0.15) is 0 Å². The van der Waals surface area contributed by atoms with Crippen LogP contribution in [0.15, 0.2) is 0 Å². The molecule has 1 aliphatic heterocycles. The third kappa shape index (κ3) is 4.18. The van der Waals surface area contributed by atoms with Gasteiger partial charge in [-0.3, -0.25) is 0 Å². The third-order valence-electron chi connectivity index (χ3n) is 4.34. The lowest BCUT2D eigenvalue weighted by atomic mass is 9.93. The number of hydrogen-bond donors (Lipinski definition) is 1. The fourth-order valence-corrected chi connectivity index (χ4v) is 3.91. The van der Waals surface area contributed by atoms with E-state index in [2.05, 4.69) is 37.9 Å². The Labute approximate surface area is 132 Å². The number of ether oxygens (including phenoxy) is 1. The molecule has 2 unspecified atom stereocenters. The van der Waals surface area contributed by atoms with Crippen molar-refractivity contribution in [2.45, 2.75) is 65.8 Å². The summed E-state index contributed by atoms with van der Waals surface area (Å²) in [5.74, 6) is 0.741. The van der Waals surface area contributed by atoms with Gasteiger partial charge >= 0.3 is 0 Å². The second kappa shape index (κ2) is 7.56. The lowest BCUT2D eigenvalue weighted by molar-refractivity contribution is 0.181. The van der Waals surface area contributed by atoms with Crippen LogP contribution in [0.5, 0.6) is 0 Å². The third-order valence-corrected chi connectivity index (χ3v) is 5.47. The Balaban J connectivity index is 2.17. The number of anilines is 1. The highest BCUT2D eigenvalue weighted by Gasteiger charge is 2.27. The van der Waals surface area contributed by atoms with E-state index in [-0.39, 0.29) is 0 Å². The lowest BCUT2D eigenvalue weighted by Crippen LogP contribution is -2.42. The molecule has 0 aliphatic carbocycles. The van der Waals surface area contributed by atoms with Crippen LogP contribution in [-0.2, 0) is 17.9 Å². The van der Waals surface area contributed by atoms with E-state index < -0.39 is 0 Å². The maximum Gasteiger partial charge on any atom is 0.186 e. The molecule has 2 rings (SSSR count). The predicted octanol–water partition coefficient (Wildman–Crippen LogP) is 3.41. The van der Waals surface area contributed by atoms with E-state index in [1.807, 2.05) is 11.3 Å². The first-order valence-corrected chi connectivity index (χ1v) is 8.82. The van der Waals surface area contributed by atoms with Gasteiger partial charge in [-0.1, -0.05) is 20.8 Å². The monoisotopic (exact) mass is 311 g/mol. The van der Waals surface area contributed by atoms with Gasteiger partial charge in [0.15, 0.2) is 5.13 Å². The molecule has 1 aromatic rings. The van der Waals surface area contributed by atoms with Gasteiger partial charge in [0.1, 0.15) is 0 Å². The fraction of sp³-hybridized carbons (Fsp3) is 0.812. The highest BCUT2D eigenvalue weighted by atomic mass is 32.1. The molecule has 0 spiro atoms. The first-order valence-electron chi connectivity index (χ1n) is 8.00. The van der Waals surface area contributed by atoms with E-state index in [1.54, 1.807) is 7.11 Å². The molecule has 0 radical (unpaired) electrons. The van der Waals surface area contributed by atoms with Crippen LogP contribution >= 0.6 is 11.3 Å². The van der Waals surface area contributed by atoms with Crippen LogP contribution in [0.1, 0.15) is 51.1 Å². The molecule has 4 nitrogen and oxygen atoms in total. The summed E-state index contributed by atoms with van der Waals surface area (Å²) >= 11 is 1.83. The second-order valence-electron chi connectivity index (χ2n) is 6.39. The first kappa shape index (κ1) is 16.7. The number of hydrogen-bond acceptors (Lipinski definition) is 5. The molecule has 21 heavy (non-hydrogen) atoms. The van der Waals surface area contributed by atoms with E-state index >= 15 is 0 Å². The fourth-order valence-electron chi connectivity index (χ4n) is 2.78. The predicted molar refractivity (Wildman–Crippen MR) is 90.0 cm³/mol. The molecule has 0 amide bonds. The summed E-state index contributed by atoms with van der Waals surface area (Å²) in [6, 6.07) is 1.06. The number of nitrogens with one attached hydrogen (secondary N) is 1. The molecule has 2 atom stereocenters. The van der Waals surface area contributed by atoms with Gasteiger partial charge in [-0.05, 0) is 25.7 Å². The van der Waals surface area contributed by atoms with E-state index in [0.717, 1.165) is 24.7 Å².